The summed E-state index contributed by atoms with van der Waals surface area (Å²) in [7, 11) is 0. The van der Waals surface area contributed by atoms with Gasteiger partial charge < -0.3 is 10.6 Å². The summed E-state index contributed by atoms with van der Waals surface area (Å²) < 4.78 is 57.5. The number of allylic oxidation sites excluding steroid dienone is 3. The number of amides is 2. The Morgan fingerprint density at radius 3 is 2.38 bits per heavy atom. The van der Waals surface area contributed by atoms with Crippen LogP contribution in [0.3, 0.4) is 0 Å². The van der Waals surface area contributed by atoms with Crippen molar-refractivity contribution < 1.29 is 27.2 Å². The highest BCUT2D eigenvalue weighted by Gasteiger charge is 2.52. The third kappa shape index (κ3) is 7.10. The molecule has 0 spiro atoms. The summed E-state index contributed by atoms with van der Waals surface area (Å²) in [4.78, 5) is 44.3. The second-order valence-corrected chi connectivity index (χ2v) is 13.0. The molecule has 12 heteroatoms. The van der Waals surface area contributed by atoms with E-state index in [0.29, 0.717) is 30.1 Å². The fourth-order valence-corrected chi connectivity index (χ4v) is 6.65. The van der Waals surface area contributed by atoms with Gasteiger partial charge in [0.2, 0.25) is 0 Å². The SMILES string of the molecule is C=C(/C=C\C(F)=C/C)[C@@]1(CCC2CC2)N=C(N)N(C(CCc2ccccc2)c2ccc(C(F)(F)F)c(C(=O)N3Cc4nccnc4C3)c2)C1=O. The van der Waals surface area contributed by atoms with Gasteiger partial charge in [0.15, 0.2) is 11.5 Å². The summed E-state index contributed by atoms with van der Waals surface area (Å²) >= 11 is 0. The van der Waals surface area contributed by atoms with Gasteiger partial charge in [-0.05, 0) is 73.4 Å². The minimum Gasteiger partial charge on any atom is -0.369 e. The van der Waals surface area contributed by atoms with Crippen LogP contribution in [0.5, 0.6) is 0 Å². The van der Waals surface area contributed by atoms with E-state index >= 15 is 0 Å². The number of halogens is 4. The minimum absolute atomic E-state index is 0.0120. The fraction of sp³-hybridized carbons (Fsp3) is 0.342. The third-order valence-electron chi connectivity index (χ3n) is 9.64. The van der Waals surface area contributed by atoms with Gasteiger partial charge in [0.05, 0.1) is 41.6 Å². The van der Waals surface area contributed by atoms with Gasteiger partial charge >= 0.3 is 6.18 Å². The third-order valence-corrected chi connectivity index (χ3v) is 9.64. The molecule has 2 atom stereocenters. The lowest BCUT2D eigenvalue weighted by molar-refractivity contribution is -0.138. The molecular weight excluding hydrogens is 648 g/mol. The molecule has 260 valence electrons. The van der Waals surface area contributed by atoms with Crippen molar-refractivity contribution >= 4 is 17.8 Å². The van der Waals surface area contributed by atoms with Crippen molar-refractivity contribution in [3.63, 3.8) is 0 Å². The number of fused-ring (bicyclic) bond motifs is 1. The van der Waals surface area contributed by atoms with E-state index in [0.717, 1.165) is 24.5 Å². The number of alkyl halides is 3. The van der Waals surface area contributed by atoms with Crippen molar-refractivity contribution in [2.24, 2.45) is 16.6 Å². The first-order valence-corrected chi connectivity index (χ1v) is 16.6. The topological polar surface area (TPSA) is 105 Å². The highest BCUT2D eigenvalue weighted by Crippen LogP contribution is 2.44. The Morgan fingerprint density at radius 1 is 1.08 bits per heavy atom. The number of benzene rings is 2. The van der Waals surface area contributed by atoms with E-state index in [1.54, 1.807) is 6.92 Å². The van der Waals surface area contributed by atoms with E-state index < -0.39 is 46.5 Å². The molecule has 0 radical (unpaired) electrons. The molecular formula is C38H38F4N6O2. The average molecular weight is 687 g/mol. The molecule has 2 N–H and O–H groups in total. The van der Waals surface area contributed by atoms with Gasteiger partial charge in [0.25, 0.3) is 11.8 Å². The van der Waals surface area contributed by atoms with E-state index in [-0.39, 0.29) is 43.0 Å². The summed E-state index contributed by atoms with van der Waals surface area (Å²) in [6.45, 7) is 5.69. The molecule has 50 heavy (non-hydrogen) atoms. The quantitative estimate of drug-likeness (QED) is 0.158. The van der Waals surface area contributed by atoms with Gasteiger partial charge in [-0.3, -0.25) is 24.5 Å². The van der Waals surface area contributed by atoms with Gasteiger partial charge in [0, 0.05) is 12.4 Å². The van der Waals surface area contributed by atoms with E-state index in [9.17, 15) is 27.2 Å². The maximum atomic E-state index is 14.7. The van der Waals surface area contributed by atoms with Gasteiger partial charge in [-0.15, -0.1) is 0 Å². The van der Waals surface area contributed by atoms with Gasteiger partial charge in [-0.2, -0.15) is 13.2 Å². The number of nitrogens with zero attached hydrogens (tertiary/aromatic N) is 5. The molecule has 3 heterocycles. The minimum atomic E-state index is -4.83. The lowest BCUT2D eigenvalue weighted by Crippen LogP contribution is -2.47. The first kappa shape index (κ1) is 34.7. The number of carbonyl (C=O) groups excluding carboxylic acids is 2. The molecule has 8 nitrogen and oxygen atoms in total. The largest absolute Gasteiger partial charge is 0.417 e. The second kappa shape index (κ2) is 14.0. The standard InChI is InChI=1S/C38H38F4N6O2/c1-3-28(39)14-9-24(2)37(18-17-26-10-11-26)35(50)48(36(43)46-37)33(16-12-25-7-5-4-6-8-25)27-13-15-30(38(40,41)42)29(21-27)34(49)47-22-31-32(23-47)45-20-19-44-31/h3-9,13-15,19-21,26,33H,2,10-12,16-18,22-23H2,1H3,(H2,43,46)/b14-9-,28-3+/t33?,37-/m1/s1. The molecule has 1 saturated carbocycles. The average Bonchev–Trinajstić information content (AvgIpc) is 3.78. The summed E-state index contributed by atoms with van der Waals surface area (Å²) in [5, 5.41) is 0. The Balaban J connectivity index is 1.41. The molecule has 1 aliphatic carbocycles. The van der Waals surface area contributed by atoms with Crippen molar-refractivity contribution in [3.05, 3.63) is 131 Å². The zero-order valence-corrected chi connectivity index (χ0v) is 27.7. The van der Waals surface area contributed by atoms with E-state index in [4.69, 9.17) is 10.7 Å². The van der Waals surface area contributed by atoms with Crippen LogP contribution in [-0.2, 0) is 30.5 Å². The van der Waals surface area contributed by atoms with Crippen LogP contribution in [0.15, 0.2) is 102 Å². The van der Waals surface area contributed by atoms with Gasteiger partial charge in [-0.1, -0.05) is 68.0 Å². The Hall–Kier alpha value is -5.13. The molecule has 0 bridgehead atoms. The van der Waals surface area contributed by atoms with Crippen molar-refractivity contribution in [2.45, 2.75) is 76.3 Å². The molecule has 0 saturated heterocycles. The van der Waals surface area contributed by atoms with Gasteiger partial charge in [0.1, 0.15) is 5.83 Å². The van der Waals surface area contributed by atoms with E-state index in [2.05, 4.69) is 16.5 Å². The number of rotatable bonds is 12. The number of carbonyl (C=O) groups is 2. The van der Waals surface area contributed by atoms with Crippen LogP contribution < -0.4 is 5.73 Å². The van der Waals surface area contributed by atoms with Crippen LogP contribution in [0.25, 0.3) is 0 Å². The molecule has 6 rings (SSSR count). The Morgan fingerprint density at radius 2 is 1.76 bits per heavy atom. The predicted molar refractivity (Wildman–Crippen MR) is 181 cm³/mol. The summed E-state index contributed by atoms with van der Waals surface area (Å²) in [6, 6.07) is 11.9. The number of hydrogen-bond donors (Lipinski definition) is 1. The lowest BCUT2D eigenvalue weighted by Gasteiger charge is -2.32. The van der Waals surface area contributed by atoms with Crippen LogP contribution >= 0.6 is 0 Å². The Bertz CT molecular complexity index is 1860. The first-order valence-electron chi connectivity index (χ1n) is 16.6. The molecule has 2 aromatic carbocycles. The molecule has 1 aromatic heterocycles. The fourth-order valence-electron chi connectivity index (χ4n) is 6.65. The maximum Gasteiger partial charge on any atom is 0.417 e. The second-order valence-electron chi connectivity index (χ2n) is 13.0. The highest BCUT2D eigenvalue weighted by molar-refractivity contribution is 6.09. The zero-order valence-electron chi connectivity index (χ0n) is 27.7. The predicted octanol–water partition coefficient (Wildman–Crippen LogP) is 7.40. The van der Waals surface area contributed by atoms with Gasteiger partial charge in [-0.25, -0.2) is 9.38 Å². The van der Waals surface area contributed by atoms with Crippen molar-refractivity contribution in [1.29, 1.82) is 0 Å². The monoisotopic (exact) mass is 686 g/mol. The normalized spacial score (nSPS) is 20.0. The number of aryl methyl sites for hydroxylation is 1. The summed E-state index contributed by atoms with van der Waals surface area (Å²) in [5.41, 5.74) is 5.92. The molecule has 1 unspecified atom stereocenters. The number of nitrogens with two attached hydrogens (primary N) is 1. The summed E-state index contributed by atoms with van der Waals surface area (Å²) in [5.74, 6) is -1.54. The van der Waals surface area contributed by atoms with Crippen molar-refractivity contribution in [3.8, 4) is 0 Å². The summed E-state index contributed by atoms with van der Waals surface area (Å²) in [6.07, 6.45) is 5.72. The molecule has 3 aromatic rings. The Labute approximate surface area is 288 Å². The Kier molecular flexibility index (Phi) is 9.73. The van der Waals surface area contributed by atoms with E-state index in [1.807, 2.05) is 30.3 Å². The highest BCUT2D eigenvalue weighted by atomic mass is 19.4. The lowest BCUT2D eigenvalue weighted by atomic mass is 9.83. The number of aliphatic imine (C=N–C) groups is 1. The maximum absolute atomic E-state index is 14.7. The zero-order chi connectivity index (χ0) is 35.6. The molecule has 2 aliphatic heterocycles. The number of guanidine groups is 1. The molecule has 2 amide bonds. The van der Waals surface area contributed by atoms with Crippen LogP contribution in [0, 0.1) is 5.92 Å². The van der Waals surface area contributed by atoms with Crippen LogP contribution in [-0.4, -0.2) is 43.1 Å². The van der Waals surface area contributed by atoms with Crippen molar-refractivity contribution in [2.75, 3.05) is 0 Å². The van der Waals surface area contributed by atoms with E-state index in [1.165, 1.54) is 52.6 Å². The number of aromatic nitrogens is 2. The molecule has 3 aliphatic rings. The van der Waals surface area contributed by atoms with Crippen molar-refractivity contribution in [1.82, 2.24) is 19.8 Å². The molecule has 1 fully saturated rings. The van der Waals surface area contributed by atoms with Crippen LogP contribution in [0.2, 0.25) is 0 Å². The number of hydrogen-bond acceptors (Lipinski definition) is 6. The first-order chi connectivity index (χ1) is 23.9. The van der Waals surface area contributed by atoms with Crippen LogP contribution in [0.4, 0.5) is 17.6 Å². The van der Waals surface area contributed by atoms with Crippen LogP contribution in [0.1, 0.15) is 83.5 Å². The smallest absolute Gasteiger partial charge is 0.369 e.